The molecule has 2 aromatic heterocycles. The van der Waals surface area contributed by atoms with E-state index in [4.69, 9.17) is 17.3 Å². The lowest BCUT2D eigenvalue weighted by Gasteiger charge is -2.22. The Kier molecular flexibility index (Phi) is 4.27. The highest BCUT2D eigenvalue weighted by molar-refractivity contribution is 7.16. The van der Waals surface area contributed by atoms with Crippen molar-refractivity contribution in [3.8, 4) is 0 Å². The van der Waals surface area contributed by atoms with Gasteiger partial charge in [0.25, 0.3) is 0 Å². The summed E-state index contributed by atoms with van der Waals surface area (Å²) < 4.78 is 0.801. The first-order valence-corrected chi connectivity index (χ1v) is 7.24. The van der Waals surface area contributed by atoms with Crippen molar-refractivity contribution in [2.24, 2.45) is 0 Å². The van der Waals surface area contributed by atoms with Gasteiger partial charge in [0, 0.05) is 17.5 Å². The predicted molar refractivity (Wildman–Crippen MR) is 82.0 cm³/mol. The quantitative estimate of drug-likeness (QED) is 0.937. The van der Waals surface area contributed by atoms with Gasteiger partial charge in [0.05, 0.1) is 10.9 Å². The summed E-state index contributed by atoms with van der Waals surface area (Å²) in [6, 6.07) is 3.94. The molecule has 2 heterocycles. The Hall–Kier alpha value is -1.33. The Labute approximate surface area is 122 Å². The summed E-state index contributed by atoms with van der Waals surface area (Å²) >= 11 is 7.53. The number of aromatic nitrogens is 2. The molecule has 0 saturated heterocycles. The van der Waals surface area contributed by atoms with Gasteiger partial charge in [0.2, 0.25) is 0 Å². The first-order chi connectivity index (χ1) is 8.99. The minimum absolute atomic E-state index is 0.283. The van der Waals surface area contributed by atoms with Gasteiger partial charge < -0.3 is 10.6 Å². The van der Waals surface area contributed by atoms with Crippen LogP contribution in [0.1, 0.15) is 30.2 Å². The van der Waals surface area contributed by atoms with Crippen LogP contribution < -0.4 is 10.6 Å². The third-order valence-electron chi connectivity index (χ3n) is 2.85. The van der Waals surface area contributed by atoms with Gasteiger partial charge in [-0.15, -0.1) is 11.3 Å². The number of halogens is 1. The molecule has 0 radical (unpaired) electrons. The van der Waals surface area contributed by atoms with Crippen molar-refractivity contribution in [3.05, 3.63) is 33.2 Å². The normalized spacial score (nSPS) is 11.0. The number of hydrogen-bond donors (Lipinski definition) is 1. The van der Waals surface area contributed by atoms with Crippen LogP contribution in [0.15, 0.2) is 18.5 Å². The molecule has 6 heteroatoms. The molecule has 0 amide bonds. The van der Waals surface area contributed by atoms with E-state index in [2.05, 4.69) is 28.7 Å². The first kappa shape index (κ1) is 14.1. The lowest BCUT2D eigenvalue weighted by atomic mass is 10.0. The molecular weight excluding hydrogens is 280 g/mol. The van der Waals surface area contributed by atoms with Crippen LogP contribution in [-0.2, 0) is 6.54 Å². The summed E-state index contributed by atoms with van der Waals surface area (Å²) in [5.74, 6) is 1.72. The Balaban J connectivity index is 2.28. The minimum Gasteiger partial charge on any atom is -0.383 e. The Morgan fingerprint density at radius 3 is 2.68 bits per heavy atom. The maximum absolute atomic E-state index is 5.96. The van der Waals surface area contributed by atoms with Crippen molar-refractivity contribution in [3.63, 3.8) is 0 Å². The highest BCUT2D eigenvalue weighted by Gasteiger charge is 2.16. The molecule has 0 unspecified atom stereocenters. The molecule has 0 aliphatic rings. The summed E-state index contributed by atoms with van der Waals surface area (Å²) in [6.07, 6.45) is 1.51. The lowest BCUT2D eigenvalue weighted by molar-refractivity contribution is 0.816. The van der Waals surface area contributed by atoms with Gasteiger partial charge in [-0.05, 0) is 18.1 Å². The SMILES string of the molecule is CC(C)c1c(N)ncnc1N(C)Cc1ccc(Cl)s1. The van der Waals surface area contributed by atoms with E-state index in [0.717, 1.165) is 22.3 Å². The number of anilines is 2. The first-order valence-electron chi connectivity index (χ1n) is 6.04. The molecule has 0 atom stereocenters. The van der Waals surface area contributed by atoms with Gasteiger partial charge in [-0.2, -0.15) is 0 Å². The summed E-state index contributed by atoms with van der Waals surface area (Å²) in [5.41, 5.74) is 6.95. The molecule has 2 aromatic rings. The zero-order chi connectivity index (χ0) is 14.0. The van der Waals surface area contributed by atoms with Gasteiger partial charge in [0.15, 0.2) is 0 Å². The molecule has 0 saturated carbocycles. The molecule has 19 heavy (non-hydrogen) atoms. The molecule has 0 spiro atoms. The highest BCUT2D eigenvalue weighted by Crippen LogP contribution is 2.30. The van der Waals surface area contributed by atoms with E-state index in [1.165, 1.54) is 11.2 Å². The van der Waals surface area contributed by atoms with Gasteiger partial charge in [-0.3, -0.25) is 0 Å². The molecule has 2 N–H and O–H groups in total. The molecular formula is C13H17ClN4S. The third-order valence-corrected chi connectivity index (χ3v) is 4.07. The number of thiophene rings is 1. The molecule has 102 valence electrons. The summed E-state index contributed by atoms with van der Waals surface area (Å²) in [7, 11) is 2.00. The summed E-state index contributed by atoms with van der Waals surface area (Å²) in [6.45, 7) is 4.94. The number of rotatable bonds is 4. The fourth-order valence-electron chi connectivity index (χ4n) is 2.00. The Bertz CT molecular complexity index is 568. The lowest BCUT2D eigenvalue weighted by Crippen LogP contribution is -2.20. The molecule has 0 bridgehead atoms. The third kappa shape index (κ3) is 3.16. The second-order valence-electron chi connectivity index (χ2n) is 4.71. The van der Waals surface area contributed by atoms with E-state index in [9.17, 15) is 0 Å². The fraction of sp³-hybridized carbons (Fsp3) is 0.385. The van der Waals surface area contributed by atoms with Crippen molar-refractivity contribution in [1.29, 1.82) is 0 Å². The van der Waals surface area contributed by atoms with Crippen LogP contribution in [0.2, 0.25) is 4.34 Å². The number of nitrogens with two attached hydrogens (primary N) is 1. The van der Waals surface area contributed by atoms with Crippen molar-refractivity contribution in [2.45, 2.75) is 26.3 Å². The molecule has 0 fully saturated rings. The van der Waals surface area contributed by atoms with Crippen LogP contribution in [0.3, 0.4) is 0 Å². The van der Waals surface area contributed by atoms with Crippen LogP contribution in [0.5, 0.6) is 0 Å². The van der Waals surface area contributed by atoms with Gasteiger partial charge in [0.1, 0.15) is 18.0 Å². The van der Waals surface area contributed by atoms with Crippen LogP contribution >= 0.6 is 22.9 Å². The largest absolute Gasteiger partial charge is 0.383 e. The van der Waals surface area contributed by atoms with Crippen LogP contribution in [0.25, 0.3) is 0 Å². The summed E-state index contributed by atoms with van der Waals surface area (Å²) in [5, 5.41) is 0. The fourth-order valence-corrected chi connectivity index (χ4v) is 3.14. The molecule has 4 nitrogen and oxygen atoms in total. The monoisotopic (exact) mass is 296 g/mol. The van der Waals surface area contributed by atoms with Crippen LogP contribution in [0, 0.1) is 0 Å². The minimum atomic E-state index is 0.283. The second kappa shape index (κ2) is 5.75. The Morgan fingerprint density at radius 1 is 1.37 bits per heavy atom. The van der Waals surface area contributed by atoms with E-state index in [1.54, 1.807) is 11.3 Å². The van der Waals surface area contributed by atoms with E-state index in [0.29, 0.717) is 5.82 Å². The smallest absolute Gasteiger partial charge is 0.137 e. The van der Waals surface area contributed by atoms with Crippen molar-refractivity contribution < 1.29 is 0 Å². The van der Waals surface area contributed by atoms with Gasteiger partial charge >= 0.3 is 0 Å². The van der Waals surface area contributed by atoms with E-state index >= 15 is 0 Å². The average Bonchev–Trinajstić information content (AvgIpc) is 2.73. The van der Waals surface area contributed by atoms with Crippen LogP contribution in [-0.4, -0.2) is 17.0 Å². The topological polar surface area (TPSA) is 55.0 Å². The summed E-state index contributed by atoms with van der Waals surface area (Å²) in [4.78, 5) is 11.7. The predicted octanol–water partition coefficient (Wildman–Crippen LogP) is 3.53. The van der Waals surface area contributed by atoms with Gasteiger partial charge in [-0.25, -0.2) is 9.97 Å². The van der Waals surface area contributed by atoms with Gasteiger partial charge in [-0.1, -0.05) is 25.4 Å². The molecule has 0 aliphatic heterocycles. The average molecular weight is 297 g/mol. The standard InChI is InChI=1S/C13H17ClN4S/c1-8(2)11-12(15)16-7-17-13(11)18(3)6-9-4-5-10(14)19-9/h4-5,7-8H,6H2,1-3H3,(H2,15,16,17). The second-order valence-corrected chi connectivity index (χ2v) is 6.51. The van der Waals surface area contributed by atoms with Crippen molar-refractivity contribution in [1.82, 2.24) is 9.97 Å². The zero-order valence-electron chi connectivity index (χ0n) is 11.2. The zero-order valence-corrected chi connectivity index (χ0v) is 12.8. The number of nitrogens with zero attached hydrogens (tertiary/aromatic N) is 3. The number of hydrogen-bond acceptors (Lipinski definition) is 5. The van der Waals surface area contributed by atoms with E-state index < -0.39 is 0 Å². The van der Waals surface area contributed by atoms with E-state index in [1.807, 2.05) is 19.2 Å². The van der Waals surface area contributed by atoms with E-state index in [-0.39, 0.29) is 5.92 Å². The van der Waals surface area contributed by atoms with Crippen molar-refractivity contribution >= 4 is 34.6 Å². The highest BCUT2D eigenvalue weighted by atomic mass is 35.5. The number of nitrogen functional groups attached to an aromatic ring is 1. The molecule has 0 aliphatic carbocycles. The molecule has 0 aromatic carbocycles. The maximum atomic E-state index is 5.96. The molecule has 2 rings (SSSR count). The van der Waals surface area contributed by atoms with Crippen LogP contribution in [0.4, 0.5) is 11.6 Å². The van der Waals surface area contributed by atoms with Crippen molar-refractivity contribution in [2.75, 3.05) is 17.7 Å². The maximum Gasteiger partial charge on any atom is 0.137 e. The Morgan fingerprint density at radius 2 is 2.11 bits per heavy atom.